The van der Waals surface area contributed by atoms with Crippen molar-refractivity contribution < 1.29 is 5.11 Å². The molecule has 2 aromatic rings. The van der Waals surface area contributed by atoms with Crippen LogP contribution < -0.4 is 5.56 Å². The Hall–Kier alpha value is -2.44. The molecule has 1 aromatic heterocycles. The molecule has 1 aliphatic rings. The number of allylic oxidation sites excluding steroid dienone is 2. The molecular weight excluding hydrogens is 322 g/mol. The lowest BCUT2D eigenvalue weighted by molar-refractivity contribution is 0.432. The smallest absolute Gasteiger partial charge is 0.262 e. The maximum atomic E-state index is 12.1. The van der Waals surface area contributed by atoms with Gasteiger partial charge in [-0.1, -0.05) is 17.7 Å². The Balaban J connectivity index is 2.26. The first-order valence-electron chi connectivity index (χ1n) is 6.33. The third kappa shape index (κ3) is 2.66. The first-order chi connectivity index (χ1) is 10.6. The van der Waals surface area contributed by atoms with Crippen molar-refractivity contribution in [3.8, 4) is 11.6 Å². The van der Waals surface area contributed by atoms with E-state index < -0.39 is 5.56 Å². The Morgan fingerprint density at radius 1 is 1.41 bits per heavy atom. The van der Waals surface area contributed by atoms with Crippen LogP contribution in [0.15, 0.2) is 51.9 Å². The van der Waals surface area contributed by atoms with Gasteiger partial charge in [0, 0.05) is 11.2 Å². The molecule has 22 heavy (non-hydrogen) atoms. The number of hydrogen-bond donors (Lipinski definition) is 2. The first kappa shape index (κ1) is 14.5. The highest BCUT2D eigenvalue weighted by Gasteiger charge is 2.13. The van der Waals surface area contributed by atoms with E-state index in [9.17, 15) is 9.90 Å². The van der Waals surface area contributed by atoms with Gasteiger partial charge in [-0.15, -0.1) is 0 Å². The van der Waals surface area contributed by atoms with Crippen molar-refractivity contribution in [3.63, 3.8) is 0 Å². The Bertz CT molecular complexity index is 940. The van der Waals surface area contributed by atoms with Crippen LogP contribution in [0.2, 0.25) is 5.02 Å². The van der Waals surface area contributed by atoms with E-state index in [1.54, 1.807) is 42.6 Å². The lowest BCUT2D eigenvalue weighted by Gasteiger charge is -2.11. The molecule has 110 valence electrons. The molecule has 1 aromatic carbocycles. The quantitative estimate of drug-likeness (QED) is 0.830. The number of nitrogens with zero attached hydrogens (tertiary/aromatic N) is 2. The van der Waals surface area contributed by atoms with Gasteiger partial charge in [0.2, 0.25) is 5.88 Å². The van der Waals surface area contributed by atoms with Crippen molar-refractivity contribution in [2.24, 2.45) is 4.99 Å². The Labute approximate surface area is 135 Å². The second-order valence-electron chi connectivity index (χ2n) is 4.52. The number of rotatable bonds is 2. The molecule has 0 spiro atoms. The Kier molecular flexibility index (Phi) is 3.79. The molecule has 2 N–H and O–H groups in total. The Morgan fingerprint density at radius 2 is 2.23 bits per heavy atom. The Morgan fingerprint density at radius 3 is 2.91 bits per heavy atom. The van der Waals surface area contributed by atoms with Crippen LogP contribution in [0.4, 0.5) is 0 Å². The summed E-state index contributed by atoms with van der Waals surface area (Å²) in [5.74, 6) is -0.265. The molecule has 0 atom stereocenters. The zero-order valence-electron chi connectivity index (χ0n) is 11.2. The molecule has 2 heterocycles. The van der Waals surface area contributed by atoms with E-state index in [-0.39, 0.29) is 16.2 Å². The highest BCUT2D eigenvalue weighted by molar-refractivity contribution is 7.71. The number of halogens is 1. The minimum absolute atomic E-state index is 0.0762. The molecule has 5 nitrogen and oxygen atoms in total. The largest absolute Gasteiger partial charge is 0.494 e. The monoisotopic (exact) mass is 331 g/mol. The van der Waals surface area contributed by atoms with E-state index in [0.717, 1.165) is 0 Å². The number of aromatic hydroxyl groups is 1. The summed E-state index contributed by atoms with van der Waals surface area (Å²) >= 11 is 11.1. The van der Waals surface area contributed by atoms with Crippen molar-refractivity contribution >= 4 is 36.1 Å². The van der Waals surface area contributed by atoms with Gasteiger partial charge < -0.3 is 5.11 Å². The van der Waals surface area contributed by atoms with E-state index in [4.69, 9.17) is 23.8 Å². The van der Waals surface area contributed by atoms with Gasteiger partial charge in [-0.25, -0.2) is 0 Å². The number of H-pyrrole nitrogens is 1. The van der Waals surface area contributed by atoms with Gasteiger partial charge in [0.15, 0.2) is 4.77 Å². The van der Waals surface area contributed by atoms with Crippen molar-refractivity contribution in [2.45, 2.75) is 0 Å². The van der Waals surface area contributed by atoms with E-state index >= 15 is 0 Å². The topological polar surface area (TPSA) is 70.4 Å². The van der Waals surface area contributed by atoms with Crippen molar-refractivity contribution in [2.75, 3.05) is 0 Å². The molecule has 0 radical (unpaired) electrons. The molecule has 3 rings (SSSR count). The highest BCUT2D eigenvalue weighted by Crippen LogP contribution is 2.24. The highest BCUT2D eigenvalue weighted by atomic mass is 35.5. The van der Waals surface area contributed by atoms with Crippen molar-refractivity contribution in [1.29, 1.82) is 0 Å². The molecule has 0 saturated heterocycles. The van der Waals surface area contributed by atoms with E-state index in [2.05, 4.69) is 9.98 Å². The maximum absolute atomic E-state index is 12.1. The number of aromatic amines is 1. The molecule has 7 heteroatoms. The van der Waals surface area contributed by atoms with Gasteiger partial charge in [0.05, 0.1) is 11.4 Å². The summed E-state index contributed by atoms with van der Waals surface area (Å²) in [6.07, 6.45) is 6.56. The van der Waals surface area contributed by atoms with E-state index in [1.165, 1.54) is 10.6 Å². The summed E-state index contributed by atoms with van der Waals surface area (Å²) in [5, 5.41) is 11.0. The molecule has 0 saturated carbocycles. The van der Waals surface area contributed by atoms with Crippen LogP contribution in [0.5, 0.6) is 5.88 Å². The zero-order chi connectivity index (χ0) is 15.7. The second kappa shape index (κ2) is 5.75. The summed E-state index contributed by atoms with van der Waals surface area (Å²) in [4.78, 5) is 18.7. The SMILES string of the molecule is O=c1[nH]c(=S)n(-c2cccc(Cl)c2)c(O)c1C=C1C=CC=N1. The lowest BCUT2D eigenvalue weighted by atomic mass is 10.2. The summed E-state index contributed by atoms with van der Waals surface area (Å²) in [7, 11) is 0. The van der Waals surface area contributed by atoms with Crippen LogP contribution in [-0.4, -0.2) is 20.9 Å². The molecule has 0 amide bonds. The number of aliphatic imine (C=N–C) groups is 1. The van der Waals surface area contributed by atoms with Gasteiger partial charge >= 0.3 is 0 Å². The first-order valence-corrected chi connectivity index (χ1v) is 7.11. The molecule has 0 aliphatic carbocycles. The summed E-state index contributed by atoms with van der Waals surface area (Å²) in [5.41, 5.74) is 0.711. The van der Waals surface area contributed by atoms with Crippen LogP contribution in [-0.2, 0) is 0 Å². The van der Waals surface area contributed by atoms with E-state index in [1.807, 2.05) is 0 Å². The van der Waals surface area contributed by atoms with Crippen LogP contribution >= 0.6 is 23.8 Å². The summed E-state index contributed by atoms with van der Waals surface area (Å²) in [6, 6.07) is 6.80. The summed E-state index contributed by atoms with van der Waals surface area (Å²) < 4.78 is 1.43. The van der Waals surface area contributed by atoms with E-state index in [0.29, 0.717) is 16.4 Å². The van der Waals surface area contributed by atoms with Crippen LogP contribution in [0.1, 0.15) is 5.56 Å². The molecule has 0 fully saturated rings. The zero-order valence-corrected chi connectivity index (χ0v) is 12.7. The van der Waals surface area contributed by atoms with Crippen LogP contribution in [0.3, 0.4) is 0 Å². The van der Waals surface area contributed by atoms with Gasteiger partial charge in [0.25, 0.3) is 5.56 Å². The van der Waals surface area contributed by atoms with Gasteiger partial charge in [-0.3, -0.25) is 19.3 Å². The van der Waals surface area contributed by atoms with Gasteiger partial charge in [0.1, 0.15) is 5.56 Å². The number of benzene rings is 1. The standard InChI is InChI=1S/C15H10ClN3O2S/c16-9-3-1-5-11(7-9)19-14(21)12(13(20)18-15(19)22)8-10-4-2-6-17-10/h1-8,21H,(H,18,20,22). The minimum atomic E-state index is -0.483. The second-order valence-corrected chi connectivity index (χ2v) is 5.34. The van der Waals surface area contributed by atoms with Crippen molar-refractivity contribution in [3.05, 3.63) is 67.8 Å². The normalized spacial score (nSPS) is 14.9. The average Bonchev–Trinajstić information content (AvgIpc) is 2.96. The lowest BCUT2D eigenvalue weighted by Crippen LogP contribution is -2.16. The van der Waals surface area contributed by atoms with Gasteiger partial charge in [-0.2, -0.15) is 0 Å². The molecular formula is C15H10ClN3O2S. The average molecular weight is 332 g/mol. The number of hydrogen-bond acceptors (Lipinski definition) is 4. The fraction of sp³-hybridized carbons (Fsp3) is 0. The minimum Gasteiger partial charge on any atom is -0.494 e. The maximum Gasteiger partial charge on any atom is 0.262 e. The van der Waals surface area contributed by atoms with Crippen LogP contribution in [0.25, 0.3) is 11.8 Å². The van der Waals surface area contributed by atoms with Gasteiger partial charge in [-0.05, 0) is 48.6 Å². The summed E-state index contributed by atoms with van der Waals surface area (Å²) in [6.45, 7) is 0. The third-order valence-electron chi connectivity index (χ3n) is 3.06. The predicted molar refractivity (Wildman–Crippen MR) is 89.5 cm³/mol. The third-order valence-corrected chi connectivity index (χ3v) is 3.58. The fourth-order valence-electron chi connectivity index (χ4n) is 2.07. The number of nitrogens with one attached hydrogen (secondary N) is 1. The fourth-order valence-corrected chi connectivity index (χ4v) is 2.54. The van der Waals surface area contributed by atoms with Crippen LogP contribution in [0, 0.1) is 4.77 Å². The molecule has 0 unspecified atom stereocenters. The number of aromatic nitrogens is 2. The predicted octanol–water partition coefficient (Wildman–Crippen LogP) is 3.24. The molecule has 1 aliphatic heterocycles. The molecule has 0 bridgehead atoms. The van der Waals surface area contributed by atoms with Crippen molar-refractivity contribution in [1.82, 2.24) is 9.55 Å².